The SMILES string of the molecule is CCOc1c(C#N)cnc2ccc(C=C3SC(=NCCc4cccc(F)c4)NC3=O)cc12. The summed E-state index contributed by atoms with van der Waals surface area (Å²) in [4.78, 5) is 21.6. The second kappa shape index (κ2) is 9.62. The summed E-state index contributed by atoms with van der Waals surface area (Å²) in [6.07, 6.45) is 3.84. The Morgan fingerprint density at radius 2 is 2.19 bits per heavy atom. The molecule has 0 atom stereocenters. The van der Waals surface area contributed by atoms with E-state index in [-0.39, 0.29) is 11.7 Å². The summed E-state index contributed by atoms with van der Waals surface area (Å²) in [6.45, 7) is 2.72. The number of aliphatic imine (C=N–C) groups is 1. The van der Waals surface area contributed by atoms with E-state index in [1.165, 1.54) is 30.1 Å². The molecule has 1 N–H and O–H groups in total. The number of nitrogens with zero attached hydrogens (tertiary/aromatic N) is 3. The number of rotatable bonds is 6. The van der Waals surface area contributed by atoms with Crippen molar-refractivity contribution in [3.8, 4) is 11.8 Å². The van der Waals surface area contributed by atoms with Crippen molar-refractivity contribution in [1.82, 2.24) is 10.3 Å². The molecule has 0 aliphatic carbocycles. The fourth-order valence-electron chi connectivity index (χ4n) is 3.29. The number of halogens is 1. The molecular formula is C24H19FN4O2S. The molecule has 6 nitrogen and oxygen atoms in total. The van der Waals surface area contributed by atoms with E-state index in [0.29, 0.717) is 51.9 Å². The third-order valence-electron chi connectivity index (χ3n) is 4.75. The predicted molar refractivity (Wildman–Crippen MR) is 124 cm³/mol. The minimum absolute atomic E-state index is 0.228. The maximum Gasteiger partial charge on any atom is 0.264 e. The number of carbonyl (C=O) groups excluding carboxylic acids is 1. The third kappa shape index (κ3) is 4.79. The predicted octanol–water partition coefficient (Wildman–Crippen LogP) is 4.45. The Hall–Kier alpha value is -3.70. The number of aromatic nitrogens is 1. The molecule has 3 aromatic rings. The van der Waals surface area contributed by atoms with Gasteiger partial charge >= 0.3 is 0 Å². The van der Waals surface area contributed by atoms with Crippen LogP contribution in [0.25, 0.3) is 17.0 Å². The van der Waals surface area contributed by atoms with Gasteiger partial charge in [0, 0.05) is 18.1 Å². The minimum Gasteiger partial charge on any atom is -0.492 e. The lowest BCUT2D eigenvalue weighted by atomic mass is 10.1. The summed E-state index contributed by atoms with van der Waals surface area (Å²) in [5.41, 5.74) is 2.71. The summed E-state index contributed by atoms with van der Waals surface area (Å²) in [7, 11) is 0. The van der Waals surface area contributed by atoms with Gasteiger partial charge in [-0.15, -0.1) is 0 Å². The number of hydrogen-bond acceptors (Lipinski definition) is 6. The number of pyridine rings is 1. The van der Waals surface area contributed by atoms with Crippen molar-refractivity contribution in [2.45, 2.75) is 13.3 Å². The topological polar surface area (TPSA) is 87.4 Å². The number of ether oxygens (including phenoxy) is 1. The Balaban J connectivity index is 1.54. The van der Waals surface area contributed by atoms with Crippen molar-refractivity contribution in [1.29, 1.82) is 5.26 Å². The highest BCUT2D eigenvalue weighted by Gasteiger charge is 2.23. The first-order valence-corrected chi connectivity index (χ1v) is 10.8. The van der Waals surface area contributed by atoms with E-state index in [2.05, 4.69) is 21.4 Å². The first kappa shape index (κ1) is 21.5. The van der Waals surface area contributed by atoms with E-state index in [4.69, 9.17) is 4.74 Å². The van der Waals surface area contributed by atoms with Crippen molar-refractivity contribution in [3.63, 3.8) is 0 Å². The van der Waals surface area contributed by atoms with Crippen molar-refractivity contribution in [2.24, 2.45) is 4.99 Å². The first-order valence-electron chi connectivity index (χ1n) is 10.0. The molecule has 1 aliphatic heterocycles. The standard InChI is InChI=1S/C24H19FN4O2S/c1-2-31-22-17(13-26)14-28-20-7-6-16(11-19(20)22)12-21-23(30)29-24(32-21)27-9-8-15-4-3-5-18(25)10-15/h3-7,10-12,14H,2,8-9H2,1H3,(H,27,29,30). The zero-order chi connectivity index (χ0) is 22.5. The molecule has 160 valence electrons. The molecule has 1 aromatic heterocycles. The van der Waals surface area contributed by atoms with Crippen LogP contribution in [0.3, 0.4) is 0 Å². The monoisotopic (exact) mass is 446 g/mol. The molecule has 1 amide bonds. The molecule has 2 heterocycles. The van der Waals surface area contributed by atoms with Gasteiger partial charge in [-0.1, -0.05) is 18.2 Å². The number of nitriles is 1. The molecule has 1 saturated heterocycles. The molecule has 0 saturated carbocycles. The average Bonchev–Trinajstić information content (AvgIpc) is 3.13. The Labute approximate surface area is 188 Å². The fourth-order valence-corrected chi connectivity index (χ4v) is 4.13. The summed E-state index contributed by atoms with van der Waals surface area (Å²) in [5, 5.41) is 13.3. The van der Waals surface area contributed by atoms with Crippen LogP contribution in [0, 0.1) is 17.1 Å². The van der Waals surface area contributed by atoms with Gasteiger partial charge in [-0.05, 0) is 66.6 Å². The number of fused-ring (bicyclic) bond motifs is 1. The third-order valence-corrected chi connectivity index (χ3v) is 5.69. The van der Waals surface area contributed by atoms with E-state index in [1.807, 2.05) is 31.2 Å². The van der Waals surface area contributed by atoms with Crippen molar-refractivity contribution in [2.75, 3.05) is 13.2 Å². The van der Waals surface area contributed by atoms with Gasteiger partial charge < -0.3 is 10.1 Å². The van der Waals surface area contributed by atoms with Crippen LogP contribution in [0.2, 0.25) is 0 Å². The smallest absolute Gasteiger partial charge is 0.264 e. The second-order valence-electron chi connectivity index (χ2n) is 6.95. The Morgan fingerprint density at radius 3 is 2.97 bits per heavy atom. The zero-order valence-corrected chi connectivity index (χ0v) is 18.1. The maximum absolute atomic E-state index is 13.3. The number of hydrogen-bond donors (Lipinski definition) is 1. The van der Waals surface area contributed by atoms with Crippen LogP contribution in [0.4, 0.5) is 4.39 Å². The van der Waals surface area contributed by atoms with Gasteiger partial charge in [-0.2, -0.15) is 5.26 Å². The average molecular weight is 447 g/mol. The van der Waals surface area contributed by atoms with Gasteiger partial charge in [-0.3, -0.25) is 14.8 Å². The Morgan fingerprint density at radius 1 is 1.31 bits per heavy atom. The lowest BCUT2D eigenvalue weighted by Gasteiger charge is -2.09. The zero-order valence-electron chi connectivity index (χ0n) is 17.3. The van der Waals surface area contributed by atoms with E-state index < -0.39 is 0 Å². The number of amides is 1. The van der Waals surface area contributed by atoms with Crippen LogP contribution in [-0.4, -0.2) is 29.2 Å². The highest BCUT2D eigenvalue weighted by Crippen LogP contribution is 2.31. The van der Waals surface area contributed by atoms with Crippen LogP contribution >= 0.6 is 11.8 Å². The molecule has 0 radical (unpaired) electrons. The van der Waals surface area contributed by atoms with Crippen LogP contribution in [-0.2, 0) is 11.2 Å². The molecule has 0 unspecified atom stereocenters. The van der Waals surface area contributed by atoms with Crippen LogP contribution in [0.5, 0.6) is 5.75 Å². The maximum atomic E-state index is 13.3. The molecule has 8 heteroatoms. The molecule has 1 aliphatic rings. The number of carbonyl (C=O) groups is 1. The van der Waals surface area contributed by atoms with E-state index >= 15 is 0 Å². The fraction of sp³-hybridized carbons (Fsp3) is 0.167. The van der Waals surface area contributed by atoms with E-state index in [9.17, 15) is 14.4 Å². The molecule has 2 aromatic carbocycles. The van der Waals surface area contributed by atoms with Crippen molar-refractivity contribution >= 4 is 39.8 Å². The van der Waals surface area contributed by atoms with Gasteiger partial charge in [0.25, 0.3) is 5.91 Å². The van der Waals surface area contributed by atoms with E-state index in [1.54, 1.807) is 12.1 Å². The first-order chi connectivity index (χ1) is 15.6. The van der Waals surface area contributed by atoms with E-state index in [0.717, 1.165) is 11.1 Å². The summed E-state index contributed by atoms with van der Waals surface area (Å²) < 4.78 is 19.0. The quantitative estimate of drug-likeness (QED) is 0.566. The van der Waals surface area contributed by atoms with Crippen LogP contribution in [0.15, 0.2) is 58.6 Å². The lowest BCUT2D eigenvalue weighted by Crippen LogP contribution is -2.20. The van der Waals surface area contributed by atoms with Gasteiger partial charge in [-0.25, -0.2) is 4.39 Å². The number of thioether (sulfide) groups is 1. The summed E-state index contributed by atoms with van der Waals surface area (Å²) >= 11 is 1.26. The molecule has 1 fully saturated rings. The highest BCUT2D eigenvalue weighted by atomic mass is 32.2. The summed E-state index contributed by atoms with van der Waals surface area (Å²) in [6, 6.07) is 14.0. The van der Waals surface area contributed by atoms with Crippen molar-refractivity contribution < 1.29 is 13.9 Å². The normalized spacial score (nSPS) is 15.8. The van der Waals surface area contributed by atoms with Gasteiger partial charge in [0.2, 0.25) is 0 Å². The van der Waals surface area contributed by atoms with Gasteiger partial charge in [0.15, 0.2) is 5.17 Å². The minimum atomic E-state index is -0.274. The van der Waals surface area contributed by atoms with Crippen molar-refractivity contribution in [3.05, 3.63) is 76.1 Å². The Bertz CT molecular complexity index is 1300. The highest BCUT2D eigenvalue weighted by molar-refractivity contribution is 8.18. The Kier molecular flexibility index (Phi) is 6.47. The lowest BCUT2D eigenvalue weighted by molar-refractivity contribution is -0.115. The van der Waals surface area contributed by atoms with Gasteiger partial charge in [0.05, 0.1) is 17.0 Å². The number of nitrogens with one attached hydrogen (secondary N) is 1. The van der Waals surface area contributed by atoms with Crippen LogP contribution < -0.4 is 10.1 Å². The molecule has 4 rings (SSSR count). The second-order valence-corrected chi connectivity index (χ2v) is 7.98. The molecule has 0 spiro atoms. The number of benzene rings is 2. The van der Waals surface area contributed by atoms with Crippen LogP contribution in [0.1, 0.15) is 23.6 Å². The molecular weight excluding hydrogens is 427 g/mol. The summed E-state index contributed by atoms with van der Waals surface area (Å²) in [5.74, 6) is -0.0131. The van der Waals surface area contributed by atoms with Gasteiger partial charge in [0.1, 0.15) is 23.2 Å². The molecule has 32 heavy (non-hydrogen) atoms. The largest absolute Gasteiger partial charge is 0.492 e. The number of amidine groups is 1. The molecule has 0 bridgehead atoms.